The molecule has 3 aromatic rings. The Morgan fingerprint density at radius 1 is 1.17 bits per heavy atom. The van der Waals surface area contributed by atoms with E-state index in [1.807, 2.05) is 0 Å². The molecule has 0 saturated carbocycles. The summed E-state index contributed by atoms with van der Waals surface area (Å²) in [5, 5.41) is 20.4. The summed E-state index contributed by atoms with van der Waals surface area (Å²) in [6.45, 7) is 0. The van der Waals surface area contributed by atoms with Crippen molar-refractivity contribution in [3.8, 4) is 17.4 Å². The number of nitriles is 1. The molecule has 0 aliphatic carbocycles. The van der Waals surface area contributed by atoms with Crippen molar-refractivity contribution >= 4 is 17.3 Å². The molecule has 0 amide bonds. The summed E-state index contributed by atoms with van der Waals surface area (Å²) in [6, 6.07) is 17.0. The maximum atomic E-state index is 11.1. The van der Waals surface area contributed by atoms with Crippen molar-refractivity contribution in [2.45, 2.75) is 0 Å². The highest BCUT2D eigenvalue weighted by atomic mass is 16.6. The van der Waals surface area contributed by atoms with E-state index in [1.165, 1.54) is 6.07 Å². The lowest BCUT2D eigenvalue weighted by atomic mass is 10.1. The first-order valence-electron chi connectivity index (χ1n) is 7.06. The summed E-state index contributed by atoms with van der Waals surface area (Å²) in [4.78, 5) is 14.8. The minimum atomic E-state index is -0.456. The maximum absolute atomic E-state index is 11.1. The molecule has 0 N–H and O–H groups in total. The van der Waals surface area contributed by atoms with Crippen molar-refractivity contribution in [2.75, 3.05) is 0 Å². The zero-order valence-corrected chi connectivity index (χ0v) is 12.4. The van der Waals surface area contributed by atoms with Gasteiger partial charge in [0.1, 0.15) is 17.6 Å². The molecule has 0 aliphatic heterocycles. The topological polar surface area (TPSA) is 93.0 Å². The Morgan fingerprint density at radius 2 is 1.96 bits per heavy atom. The first-order valence-corrected chi connectivity index (χ1v) is 7.06. The van der Waals surface area contributed by atoms with Gasteiger partial charge in [-0.15, -0.1) is 0 Å². The van der Waals surface area contributed by atoms with Gasteiger partial charge in [-0.25, -0.2) is 0 Å². The van der Waals surface area contributed by atoms with E-state index in [2.05, 4.69) is 11.1 Å². The van der Waals surface area contributed by atoms with Crippen LogP contribution in [0.1, 0.15) is 11.5 Å². The van der Waals surface area contributed by atoms with Gasteiger partial charge in [0.2, 0.25) is 0 Å². The number of furan rings is 1. The lowest BCUT2D eigenvalue weighted by Crippen LogP contribution is -1.90. The van der Waals surface area contributed by atoms with Crippen LogP contribution in [0.5, 0.6) is 0 Å². The number of nitro groups is 1. The molecule has 0 saturated heterocycles. The maximum Gasteiger partial charge on any atom is 0.280 e. The number of benzene rings is 1. The van der Waals surface area contributed by atoms with Crippen LogP contribution in [0.15, 0.2) is 65.2 Å². The van der Waals surface area contributed by atoms with E-state index in [4.69, 9.17) is 4.42 Å². The molecule has 2 aromatic heterocycles. The van der Waals surface area contributed by atoms with E-state index < -0.39 is 4.92 Å². The fraction of sp³-hybridized carbons (Fsp3) is 0. The molecule has 0 fully saturated rings. The molecule has 0 spiro atoms. The van der Waals surface area contributed by atoms with Gasteiger partial charge in [-0.2, -0.15) is 5.26 Å². The van der Waals surface area contributed by atoms with Crippen molar-refractivity contribution in [3.63, 3.8) is 0 Å². The first kappa shape index (κ1) is 15.2. The van der Waals surface area contributed by atoms with Crippen LogP contribution < -0.4 is 0 Å². The second kappa shape index (κ2) is 6.58. The summed E-state index contributed by atoms with van der Waals surface area (Å²) in [5.74, 6) is 0.789. The average molecular weight is 317 g/mol. The monoisotopic (exact) mass is 317 g/mol. The standard InChI is InChI=1S/C18H11N3O3/c19-12-13(16-6-3-4-10-20-16)11-14-8-9-18(24-14)15-5-1-2-7-17(15)21(22)23/h1-11H. The van der Waals surface area contributed by atoms with Gasteiger partial charge in [-0.3, -0.25) is 15.1 Å². The lowest BCUT2D eigenvalue weighted by Gasteiger charge is -1.99. The van der Waals surface area contributed by atoms with Crippen LogP contribution >= 0.6 is 0 Å². The second-order valence-corrected chi connectivity index (χ2v) is 4.86. The molecule has 3 rings (SSSR count). The highest BCUT2D eigenvalue weighted by Gasteiger charge is 2.17. The molecule has 2 heterocycles. The van der Waals surface area contributed by atoms with Gasteiger partial charge in [-0.1, -0.05) is 18.2 Å². The number of para-hydroxylation sites is 1. The van der Waals surface area contributed by atoms with E-state index in [-0.39, 0.29) is 5.69 Å². The van der Waals surface area contributed by atoms with Gasteiger partial charge in [0.25, 0.3) is 5.69 Å². The van der Waals surface area contributed by atoms with Gasteiger partial charge < -0.3 is 4.42 Å². The highest BCUT2D eigenvalue weighted by molar-refractivity contribution is 5.87. The number of rotatable bonds is 4. The van der Waals surface area contributed by atoms with Crippen molar-refractivity contribution < 1.29 is 9.34 Å². The number of aromatic nitrogens is 1. The normalized spacial score (nSPS) is 11.0. The largest absolute Gasteiger partial charge is 0.456 e. The van der Waals surface area contributed by atoms with Crippen LogP contribution in [0.3, 0.4) is 0 Å². The average Bonchev–Trinajstić information content (AvgIpc) is 3.09. The van der Waals surface area contributed by atoms with Crippen LogP contribution in [0, 0.1) is 21.4 Å². The lowest BCUT2D eigenvalue weighted by molar-refractivity contribution is -0.384. The van der Waals surface area contributed by atoms with Crippen molar-refractivity contribution in [3.05, 3.63) is 82.4 Å². The molecule has 6 heteroatoms. The Balaban J connectivity index is 1.99. The van der Waals surface area contributed by atoms with Gasteiger partial charge in [0.15, 0.2) is 0 Å². The van der Waals surface area contributed by atoms with Crippen LogP contribution in [0.25, 0.3) is 23.0 Å². The minimum Gasteiger partial charge on any atom is -0.456 e. The third kappa shape index (κ3) is 3.05. The summed E-state index contributed by atoms with van der Waals surface area (Å²) < 4.78 is 5.65. The Hall–Kier alpha value is -3.72. The van der Waals surface area contributed by atoms with Gasteiger partial charge in [-0.05, 0) is 30.3 Å². The van der Waals surface area contributed by atoms with Crippen LogP contribution in [0.4, 0.5) is 5.69 Å². The SMILES string of the molecule is N#CC(=Cc1ccc(-c2ccccc2[N+](=O)[O-])o1)c1ccccn1. The Bertz CT molecular complexity index is 953. The zero-order valence-electron chi connectivity index (χ0n) is 12.4. The van der Waals surface area contributed by atoms with Crippen molar-refractivity contribution in [1.82, 2.24) is 4.98 Å². The number of nitrogens with zero attached hydrogens (tertiary/aromatic N) is 3. The van der Waals surface area contributed by atoms with Crippen molar-refractivity contribution in [1.29, 1.82) is 5.26 Å². The number of pyridine rings is 1. The summed E-state index contributed by atoms with van der Waals surface area (Å²) in [6.07, 6.45) is 3.15. The fourth-order valence-corrected chi connectivity index (χ4v) is 2.24. The first-order chi connectivity index (χ1) is 11.7. The fourth-order valence-electron chi connectivity index (χ4n) is 2.24. The summed E-state index contributed by atoms with van der Waals surface area (Å²) >= 11 is 0. The van der Waals surface area contributed by atoms with E-state index in [0.29, 0.717) is 28.4 Å². The molecular weight excluding hydrogens is 306 g/mol. The Morgan fingerprint density at radius 3 is 2.67 bits per heavy atom. The number of nitro benzene ring substituents is 1. The quantitative estimate of drug-likeness (QED) is 0.406. The summed E-state index contributed by atoms with van der Waals surface area (Å²) in [5.41, 5.74) is 1.23. The van der Waals surface area contributed by atoms with Gasteiger partial charge >= 0.3 is 0 Å². The summed E-state index contributed by atoms with van der Waals surface area (Å²) in [7, 11) is 0. The van der Waals surface area contributed by atoms with E-state index in [9.17, 15) is 15.4 Å². The van der Waals surface area contributed by atoms with Crippen LogP contribution in [0.2, 0.25) is 0 Å². The minimum absolute atomic E-state index is 0.0346. The molecule has 6 nitrogen and oxygen atoms in total. The van der Waals surface area contributed by atoms with Crippen molar-refractivity contribution in [2.24, 2.45) is 0 Å². The number of allylic oxidation sites excluding steroid dienone is 1. The Kier molecular flexibility index (Phi) is 4.17. The Labute approximate surface area is 137 Å². The molecule has 0 atom stereocenters. The van der Waals surface area contributed by atoms with Gasteiger partial charge in [0.05, 0.1) is 21.8 Å². The molecule has 24 heavy (non-hydrogen) atoms. The predicted octanol–water partition coefficient (Wildman–Crippen LogP) is 4.31. The van der Waals surface area contributed by atoms with Crippen LogP contribution in [-0.2, 0) is 0 Å². The third-order valence-electron chi connectivity index (χ3n) is 3.34. The third-order valence-corrected chi connectivity index (χ3v) is 3.34. The molecule has 0 unspecified atom stereocenters. The van der Waals surface area contributed by atoms with E-state index >= 15 is 0 Å². The van der Waals surface area contributed by atoms with Crippen LogP contribution in [-0.4, -0.2) is 9.91 Å². The predicted molar refractivity (Wildman–Crippen MR) is 88.5 cm³/mol. The zero-order chi connectivity index (χ0) is 16.9. The van der Waals surface area contributed by atoms with Gasteiger partial charge in [0, 0.05) is 18.3 Å². The molecule has 1 aromatic carbocycles. The smallest absolute Gasteiger partial charge is 0.280 e. The molecule has 0 radical (unpaired) electrons. The molecule has 0 bridgehead atoms. The van der Waals surface area contributed by atoms with E-state index in [1.54, 1.807) is 60.8 Å². The number of hydrogen-bond acceptors (Lipinski definition) is 5. The second-order valence-electron chi connectivity index (χ2n) is 4.86. The molecule has 0 aliphatic rings. The molecule has 116 valence electrons. The highest BCUT2D eigenvalue weighted by Crippen LogP contribution is 2.31. The number of hydrogen-bond donors (Lipinski definition) is 0. The molecular formula is C18H11N3O3. The van der Waals surface area contributed by atoms with E-state index in [0.717, 1.165) is 0 Å².